The molecule has 1 aromatic heterocycles. The number of hydrogen-bond acceptors (Lipinski definition) is 5. The Labute approximate surface area is 125 Å². The van der Waals surface area contributed by atoms with E-state index in [1.165, 1.54) is 24.2 Å². The van der Waals surface area contributed by atoms with Gasteiger partial charge in [0.2, 0.25) is 0 Å². The molecule has 2 atom stereocenters. The number of aliphatic hydroxyl groups is 1. The largest absolute Gasteiger partial charge is 0.391 e. The summed E-state index contributed by atoms with van der Waals surface area (Å²) in [5.74, 6) is 0.982. The molecule has 1 heterocycles. The molecule has 0 saturated heterocycles. The van der Waals surface area contributed by atoms with Gasteiger partial charge in [-0.05, 0) is 36.1 Å². The van der Waals surface area contributed by atoms with Crippen LogP contribution >= 0.6 is 11.3 Å². The minimum Gasteiger partial charge on any atom is -0.391 e. The Balaban J connectivity index is 1.84. The molecule has 0 radical (unpaired) electrons. The summed E-state index contributed by atoms with van der Waals surface area (Å²) in [6.07, 6.45) is 1.61. The van der Waals surface area contributed by atoms with Crippen molar-refractivity contribution in [3.8, 4) is 0 Å². The minimum absolute atomic E-state index is 0.212. The number of rotatable bonds is 8. The van der Waals surface area contributed by atoms with Gasteiger partial charge in [0.25, 0.3) is 0 Å². The van der Waals surface area contributed by atoms with Gasteiger partial charge in [-0.2, -0.15) is 0 Å². The predicted octanol–water partition coefficient (Wildman–Crippen LogP) is 1.91. The van der Waals surface area contributed by atoms with E-state index in [2.05, 4.69) is 19.2 Å². The van der Waals surface area contributed by atoms with E-state index in [-0.39, 0.29) is 5.75 Å². The predicted molar refractivity (Wildman–Crippen MR) is 81.7 cm³/mol. The average molecular weight is 317 g/mol. The fourth-order valence-corrected chi connectivity index (χ4v) is 4.99. The lowest BCUT2D eigenvalue weighted by Crippen LogP contribution is -2.42. The summed E-state index contributed by atoms with van der Waals surface area (Å²) in [6.45, 7) is 4.65. The Kier molecular flexibility index (Phi) is 5.23. The lowest BCUT2D eigenvalue weighted by molar-refractivity contribution is 0.180. The molecule has 2 unspecified atom stereocenters. The second-order valence-electron chi connectivity index (χ2n) is 5.88. The average Bonchev–Trinajstić information content (AvgIpc) is 3.01. The highest BCUT2D eigenvalue weighted by Crippen LogP contribution is 2.35. The maximum absolute atomic E-state index is 12.1. The molecule has 1 aliphatic carbocycles. The molecule has 1 aromatic rings. The lowest BCUT2D eigenvalue weighted by Gasteiger charge is -2.23. The van der Waals surface area contributed by atoms with Crippen molar-refractivity contribution in [3.05, 3.63) is 17.5 Å². The number of sulfone groups is 1. The molecule has 114 valence electrons. The third kappa shape index (κ3) is 4.28. The highest BCUT2D eigenvalue weighted by Gasteiger charge is 2.33. The number of nitrogens with one attached hydrogen (secondary N) is 1. The van der Waals surface area contributed by atoms with Gasteiger partial charge in [0, 0.05) is 12.6 Å². The second-order valence-corrected chi connectivity index (χ2v) is 9.09. The number of aliphatic hydroxyl groups excluding tert-OH is 1. The first-order chi connectivity index (χ1) is 9.40. The van der Waals surface area contributed by atoms with Crippen LogP contribution in [0.1, 0.15) is 26.7 Å². The van der Waals surface area contributed by atoms with E-state index in [1.54, 1.807) is 17.5 Å². The van der Waals surface area contributed by atoms with Crippen molar-refractivity contribution in [2.75, 3.05) is 12.3 Å². The molecule has 4 nitrogen and oxygen atoms in total. The Morgan fingerprint density at radius 3 is 2.65 bits per heavy atom. The first kappa shape index (κ1) is 15.9. The van der Waals surface area contributed by atoms with Crippen LogP contribution in [0.15, 0.2) is 21.7 Å². The van der Waals surface area contributed by atoms with E-state index < -0.39 is 15.9 Å². The maximum atomic E-state index is 12.1. The van der Waals surface area contributed by atoms with Crippen molar-refractivity contribution in [2.24, 2.45) is 11.8 Å². The van der Waals surface area contributed by atoms with E-state index in [4.69, 9.17) is 0 Å². The fraction of sp³-hybridized carbons (Fsp3) is 0.714. The Morgan fingerprint density at radius 2 is 2.15 bits per heavy atom. The van der Waals surface area contributed by atoms with Gasteiger partial charge < -0.3 is 10.4 Å². The van der Waals surface area contributed by atoms with Gasteiger partial charge in [-0.25, -0.2) is 8.42 Å². The van der Waals surface area contributed by atoms with E-state index in [0.29, 0.717) is 28.6 Å². The molecule has 1 aliphatic rings. The summed E-state index contributed by atoms with van der Waals surface area (Å²) in [5.41, 5.74) is 0. The summed E-state index contributed by atoms with van der Waals surface area (Å²) in [5, 5.41) is 15.1. The minimum atomic E-state index is -3.36. The summed E-state index contributed by atoms with van der Waals surface area (Å²) in [7, 11) is -3.36. The van der Waals surface area contributed by atoms with Gasteiger partial charge in [0.05, 0.1) is 11.9 Å². The van der Waals surface area contributed by atoms with Crippen LogP contribution < -0.4 is 5.32 Å². The molecule has 0 amide bonds. The fourth-order valence-electron chi connectivity index (χ4n) is 2.51. The Morgan fingerprint density at radius 1 is 1.45 bits per heavy atom. The molecule has 0 spiro atoms. The van der Waals surface area contributed by atoms with Gasteiger partial charge in [-0.15, -0.1) is 11.3 Å². The topological polar surface area (TPSA) is 66.4 Å². The van der Waals surface area contributed by atoms with Gasteiger partial charge in [-0.3, -0.25) is 0 Å². The van der Waals surface area contributed by atoms with E-state index in [0.717, 1.165) is 0 Å². The van der Waals surface area contributed by atoms with Gasteiger partial charge in [0.15, 0.2) is 9.84 Å². The second kappa shape index (κ2) is 6.56. The highest BCUT2D eigenvalue weighted by atomic mass is 32.2. The summed E-state index contributed by atoms with van der Waals surface area (Å²) in [4.78, 5) is 0. The van der Waals surface area contributed by atoms with Crippen LogP contribution in [0.25, 0.3) is 0 Å². The first-order valence-electron chi connectivity index (χ1n) is 7.08. The standard InChI is InChI=1S/C14H23NO3S2/c1-10(2)14(11-5-6-11)15-8-12(16)9-20(17,18)13-4-3-7-19-13/h3-4,7,10-12,14-16H,5-6,8-9H2,1-2H3. The van der Waals surface area contributed by atoms with Crippen LogP contribution in [0.5, 0.6) is 0 Å². The zero-order valence-electron chi connectivity index (χ0n) is 12.0. The third-order valence-electron chi connectivity index (χ3n) is 3.65. The van der Waals surface area contributed by atoms with Crippen LogP contribution in [-0.2, 0) is 9.84 Å². The summed E-state index contributed by atoms with van der Waals surface area (Å²) >= 11 is 1.20. The van der Waals surface area contributed by atoms with Crippen molar-refractivity contribution < 1.29 is 13.5 Å². The molecule has 1 saturated carbocycles. The monoisotopic (exact) mass is 317 g/mol. The maximum Gasteiger partial charge on any atom is 0.190 e. The summed E-state index contributed by atoms with van der Waals surface area (Å²) < 4.78 is 24.4. The number of hydrogen-bond donors (Lipinski definition) is 2. The molecule has 1 fully saturated rings. The van der Waals surface area contributed by atoms with Crippen LogP contribution in [0, 0.1) is 11.8 Å². The van der Waals surface area contributed by atoms with E-state index in [9.17, 15) is 13.5 Å². The van der Waals surface area contributed by atoms with E-state index in [1.807, 2.05) is 0 Å². The molecular formula is C14H23NO3S2. The van der Waals surface area contributed by atoms with Crippen LogP contribution in [0.2, 0.25) is 0 Å². The van der Waals surface area contributed by atoms with Crippen LogP contribution in [0.4, 0.5) is 0 Å². The molecule has 0 aromatic carbocycles. The van der Waals surface area contributed by atoms with Crippen LogP contribution in [0.3, 0.4) is 0 Å². The normalized spacial score (nSPS) is 19.2. The molecule has 0 bridgehead atoms. The van der Waals surface area contributed by atoms with Gasteiger partial charge in [-0.1, -0.05) is 19.9 Å². The van der Waals surface area contributed by atoms with Gasteiger partial charge in [0.1, 0.15) is 4.21 Å². The Bertz CT molecular complexity index is 505. The van der Waals surface area contributed by atoms with E-state index >= 15 is 0 Å². The van der Waals surface area contributed by atoms with Gasteiger partial charge >= 0.3 is 0 Å². The van der Waals surface area contributed by atoms with Crippen molar-refractivity contribution in [1.29, 1.82) is 0 Å². The van der Waals surface area contributed by atoms with Crippen molar-refractivity contribution in [1.82, 2.24) is 5.32 Å². The number of thiophene rings is 1. The van der Waals surface area contributed by atoms with Crippen molar-refractivity contribution in [2.45, 2.75) is 43.0 Å². The Hall–Kier alpha value is -0.430. The molecule has 2 N–H and O–H groups in total. The smallest absolute Gasteiger partial charge is 0.190 e. The van der Waals surface area contributed by atoms with Crippen LogP contribution in [-0.4, -0.2) is 38.0 Å². The molecule has 20 heavy (non-hydrogen) atoms. The van der Waals surface area contributed by atoms with Crippen molar-refractivity contribution >= 4 is 21.2 Å². The third-order valence-corrected chi connectivity index (χ3v) is 6.94. The zero-order valence-corrected chi connectivity index (χ0v) is 13.6. The zero-order chi connectivity index (χ0) is 14.8. The highest BCUT2D eigenvalue weighted by molar-refractivity contribution is 7.93. The van der Waals surface area contributed by atoms with Crippen molar-refractivity contribution in [3.63, 3.8) is 0 Å². The lowest BCUT2D eigenvalue weighted by atomic mass is 9.99. The quantitative estimate of drug-likeness (QED) is 0.768. The first-order valence-corrected chi connectivity index (χ1v) is 9.61. The molecule has 0 aliphatic heterocycles. The molecule has 6 heteroatoms. The SMILES string of the molecule is CC(C)C(NCC(O)CS(=O)(=O)c1cccs1)C1CC1. The molecule has 2 rings (SSSR count). The molecular weight excluding hydrogens is 294 g/mol. The summed E-state index contributed by atoms with van der Waals surface area (Å²) in [6, 6.07) is 3.68.